The number of tetrazole rings is 1. The number of halogens is 3. The number of nitrogens with zero attached hydrogens (tertiary/aromatic N) is 8. The zero-order valence-electron chi connectivity index (χ0n) is 11.9. The molecule has 0 bridgehead atoms. The number of aryl methyl sites for hydroxylation is 1. The average molecular weight is 352 g/mol. The second kappa shape index (κ2) is 5.12. The van der Waals surface area contributed by atoms with E-state index in [9.17, 15) is 13.2 Å². The van der Waals surface area contributed by atoms with Crippen molar-refractivity contribution in [1.82, 2.24) is 39.8 Å². The maximum Gasteiger partial charge on any atom is 0.452 e. The summed E-state index contributed by atoms with van der Waals surface area (Å²) in [7, 11) is 1.62. The first-order valence-electron chi connectivity index (χ1n) is 6.56. The molecule has 0 spiro atoms. The molecule has 4 rings (SSSR count). The molecule has 0 saturated carbocycles. The van der Waals surface area contributed by atoms with E-state index in [4.69, 9.17) is 0 Å². The first-order chi connectivity index (χ1) is 11.4. The molecule has 0 aliphatic carbocycles. The van der Waals surface area contributed by atoms with Crippen molar-refractivity contribution in [2.75, 3.05) is 0 Å². The van der Waals surface area contributed by atoms with Crippen molar-refractivity contribution in [3.8, 4) is 0 Å². The fraction of sp³-hybridized carbons (Fsp3) is 0.167. The Morgan fingerprint density at radius 3 is 2.58 bits per heavy atom. The molecule has 4 aromatic rings. The van der Waals surface area contributed by atoms with Crippen LogP contribution in [0.1, 0.15) is 5.82 Å². The molecule has 24 heavy (non-hydrogen) atoms. The lowest BCUT2D eigenvalue weighted by molar-refractivity contribution is -0.145. The van der Waals surface area contributed by atoms with Gasteiger partial charge in [-0.3, -0.25) is 4.40 Å². The van der Waals surface area contributed by atoms with Gasteiger partial charge >= 0.3 is 6.18 Å². The summed E-state index contributed by atoms with van der Waals surface area (Å²) in [5.41, 5.74) is 0.646. The minimum atomic E-state index is -4.64. The van der Waals surface area contributed by atoms with Gasteiger partial charge in [-0.05, 0) is 34.3 Å². The van der Waals surface area contributed by atoms with Crippen LogP contribution in [0.4, 0.5) is 13.2 Å². The SMILES string of the molecule is Cn1nnnc1Sc1nc2ccccc2n2c(C(F)(F)F)nnc12. The largest absolute Gasteiger partial charge is 0.452 e. The number of para-hydroxylation sites is 2. The lowest BCUT2D eigenvalue weighted by atomic mass is 10.3. The van der Waals surface area contributed by atoms with E-state index >= 15 is 0 Å². The smallest absolute Gasteiger partial charge is 0.267 e. The van der Waals surface area contributed by atoms with Crippen LogP contribution < -0.4 is 0 Å². The molecule has 3 aromatic heterocycles. The van der Waals surface area contributed by atoms with E-state index in [0.29, 0.717) is 10.7 Å². The van der Waals surface area contributed by atoms with E-state index in [0.717, 1.165) is 16.2 Å². The van der Waals surface area contributed by atoms with Crippen LogP contribution >= 0.6 is 11.8 Å². The van der Waals surface area contributed by atoms with Crippen molar-refractivity contribution >= 4 is 28.4 Å². The lowest BCUT2D eigenvalue weighted by Crippen LogP contribution is -2.11. The Morgan fingerprint density at radius 2 is 1.88 bits per heavy atom. The van der Waals surface area contributed by atoms with Crippen LogP contribution in [-0.4, -0.2) is 39.8 Å². The van der Waals surface area contributed by atoms with Crippen molar-refractivity contribution in [2.24, 2.45) is 7.05 Å². The lowest BCUT2D eigenvalue weighted by Gasteiger charge is -2.09. The highest BCUT2D eigenvalue weighted by atomic mass is 32.2. The van der Waals surface area contributed by atoms with Gasteiger partial charge < -0.3 is 0 Å². The molecule has 122 valence electrons. The molecular formula is C12H7F3N8S. The number of fused-ring (bicyclic) bond motifs is 3. The molecule has 12 heteroatoms. The van der Waals surface area contributed by atoms with E-state index in [1.165, 1.54) is 10.7 Å². The summed E-state index contributed by atoms with van der Waals surface area (Å²) < 4.78 is 42.1. The number of alkyl halides is 3. The summed E-state index contributed by atoms with van der Waals surface area (Å²) in [6.45, 7) is 0. The predicted octanol–water partition coefficient (Wildman–Crippen LogP) is 1.97. The zero-order chi connectivity index (χ0) is 16.9. The van der Waals surface area contributed by atoms with E-state index in [2.05, 4.69) is 30.7 Å². The number of aromatic nitrogens is 8. The van der Waals surface area contributed by atoms with Gasteiger partial charge in [0.15, 0.2) is 5.65 Å². The summed E-state index contributed by atoms with van der Waals surface area (Å²) in [5.74, 6) is -1.10. The second-order valence-electron chi connectivity index (χ2n) is 4.77. The van der Waals surface area contributed by atoms with Gasteiger partial charge in [-0.1, -0.05) is 12.1 Å². The summed E-state index contributed by atoms with van der Waals surface area (Å²) in [5, 5.41) is 18.6. The Hall–Kier alpha value is -2.76. The maximum absolute atomic E-state index is 13.3. The van der Waals surface area contributed by atoms with E-state index in [1.54, 1.807) is 25.2 Å². The van der Waals surface area contributed by atoms with Crippen molar-refractivity contribution in [1.29, 1.82) is 0 Å². The molecule has 1 aromatic carbocycles. The van der Waals surface area contributed by atoms with Crippen molar-refractivity contribution in [3.63, 3.8) is 0 Å². The van der Waals surface area contributed by atoms with Crippen LogP contribution in [0.15, 0.2) is 34.4 Å². The Bertz CT molecular complexity index is 1050. The molecular weight excluding hydrogens is 345 g/mol. The number of hydrogen-bond donors (Lipinski definition) is 0. The quantitative estimate of drug-likeness (QED) is 0.545. The normalized spacial score (nSPS) is 12.3. The average Bonchev–Trinajstić information content (AvgIpc) is 3.14. The third-order valence-electron chi connectivity index (χ3n) is 3.22. The van der Waals surface area contributed by atoms with E-state index in [-0.39, 0.29) is 16.2 Å². The zero-order valence-corrected chi connectivity index (χ0v) is 12.7. The number of hydrogen-bond acceptors (Lipinski definition) is 7. The molecule has 8 nitrogen and oxygen atoms in total. The summed E-state index contributed by atoms with van der Waals surface area (Å²) in [6, 6.07) is 6.47. The van der Waals surface area contributed by atoms with E-state index in [1.807, 2.05) is 0 Å². The van der Waals surface area contributed by atoms with Gasteiger partial charge in [-0.25, -0.2) is 9.67 Å². The Kier molecular flexibility index (Phi) is 3.16. The van der Waals surface area contributed by atoms with Gasteiger partial charge in [0.05, 0.1) is 11.0 Å². The standard InChI is InChI=1S/C12H7F3N8S/c1-22-11(19-20-21-22)24-9-8-17-18-10(12(13,14)15)23(8)7-5-3-2-4-6(7)16-9/h2-5H,1H3. The van der Waals surface area contributed by atoms with Crippen LogP contribution in [0, 0.1) is 0 Å². The summed E-state index contributed by atoms with van der Waals surface area (Å²) >= 11 is 1.01. The van der Waals surface area contributed by atoms with E-state index < -0.39 is 12.0 Å². The Balaban J connectivity index is 2.03. The molecule has 0 atom stereocenters. The highest BCUT2D eigenvalue weighted by molar-refractivity contribution is 7.99. The third kappa shape index (κ3) is 2.26. The van der Waals surface area contributed by atoms with Gasteiger partial charge in [-0.15, -0.1) is 15.3 Å². The van der Waals surface area contributed by atoms with Crippen LogP contribution in [0.3, 0.4) is 0 Å². The number of benzene rings is 1. The Labute approximate surface area is 135 Å². The maximum atomic E-state index is 13.3. The number of rotatable bonds is 2. The van der Waals surface area contributed by atoms with Crippen molar-refractivity contribution in [3.05, 3.63) is 30.1 Å². The fourth-order valence-electron chi connectivity index (χ4n) is 2.20. The highest BCUT2D eigenvalue weighted by Gasteiger charge is 2.38. The molecule has 0 amide bonds. The topological polar surface area (TPSA) is 86.7 Å². The molecule has 0 aliphatic heterocycles. The van der Waals surface area contributed by atoms with Gasteiger partial charge in [0, 0.05) is 7.05 Å². The molecule has 0 N–H and O–H groups in total. The minimum Gasteiger partial charge on any atom is -0.267 e. The highest BCUT2D eigenvalue weighted by Crippen LogP contribution is 2.34. The predicted molar refractivity (Wildman–Crippen MR) is 76.2 cm³/mol. The van der Waals surface area contributed by atoms with Gasteiger partial charge in [0.2, 0.25) is 11.0 Å². The summed E-state index contributed by atoms with van der Waals surface area (Å²) in [6.07, 6.45) is -4.64. The molecule has 0 unspecified atom stereocenters. The van der Waals surface area contributed by atoms with Crippen LogP contribution in [0.25, 0.3) is 16.7 Å². The second-order valence-corrected chi connectivity index (χ2v) is 5.73. The molecule has 0 aliphatic rings. The fourth-order valence-corrected chi connectivity index (χ4v) is 2.99. The molecule has 3 heterocycles. The van der Waals surface area contributed by atoms with Gasteiger partial charge in [-0.2, -0.15) is 13.2 Å². The van der Waals surface area contributed by atoms with Gasteiger partial charge in [0.1, 0.15) is 5.03 Å². The van der Waals surface area contributed by atoms with Crippen molar-refractivity contribution < 1.29 is 13.2 Å². The van der Waals surface area contributed by atoms with Crippen LogP contribution in [0.2, 0.25) is 0 Å². The van der Waals surface area contributed by atoms with Crippen LogP contribution in [-0.2, 0) is 13.2 Å². The minimum absolute atomic E-state index is 0.00553. The van der Waals surface area contributed by atoms with Crippen molar-refractivity contribution in [2.45, 2.75) is 16.4 Å². The molecule has 0 saturated heterocycles. The molecule has 0 fully saturated rings. The van der Waals surface area contributed by atoms with Crippen LogP contribution in [0.5, 0.6) is 0 Å². The first-order valence-corrected chi connectivity index (χ1v) is 7.38. The first kappa shape index (κ1) is 14.8. The Morgan fingerprint density at radius 1 is 1.08 bits per heavy atom. The van der Waals surface area contributed by atoms with Gasteiger partial charge in [0.25, 0.3) is 0 Å². The summed E-state index contributed by atoms with van der Waals surface area (Å²) in [4.78, 5) is 4.38. The molecule has 0 radical (unpaired) electrons. The third-order valence-corrected chi connectivity index (χ3v) is 4.22. The monoisotopic (exact) mass is 352 g/mol.